The molecule has 1 heterocycles. The lowest BCUT2D eigenvalue weighted by atomic mass is 10.0. The highest BCUT2D eigenvalue weighted by molar-refractivity contribution is 9.10. The number of carbonyl (C=O) groups is 1. The van der Waals surface area contributed by atoms with E-state index < -0.39 is 6.04 Å². The Morgan fingerprint density at radius 3 is 2.36 bits per heavy atom. The number of amides is 1. The predicted octanol–water partition coefficient (Wildman–Crippen LogP) is 4.75. The van der Waals surface area contributed by atoms with Crippen LogP contribution in [0.4, 0.5) is 5.69 Å². The van der Waals surface area contributed by atoms with Crippen molar-refractivity contribution in [3.8, 4) is 0 Å². The number of halogens is 1. The molecule has 2 aromatic carbocycles. The lowest BCUT2D eigenvalue weighted by Gasteiger charge is -2.22. The number of hydrogen-bond acceptors (Lipinski definition) is 3. The Labute approximate surface area is 155 Å². The minimum Gasteiger partial charge on any atom is -0.467 e. The first-order chi connectivity index (χ1) is 12.1. The third-order valence-electron chi connectivity index (χ3n) is 3.88. The summed E-state index contributed by atoms with van der Waals surface area (Å²) in [6, 6.07) is 20.6. The van der Waals surface area contributed by atoms with Crippen LogP contribution < -0.4 is 10.6 Å². The summed E-state index contributed by atoms with van der Waals surface area (Å²) in [6.07, 6.45) is 1.64. The van der Waals surface area contributed by atoms with E-state index in [1.54, 1.807) is 6.26 Å². The van der Waals surface area contributed by atoms with Gasteiger partial charge in [0.05, 0.1) is 18.3 Å². The fourth-order valence-corrected chi connectivity index (χ4v) is 2.82. The zero-order valence-corrected chi connectivity index (χ0v) is 15.4. The third-order valence-corrected chi connectivity index (χ3v) is 4.41. The van der Waals surface area contributed by atoms with E-state index in [1.807, 2.05) is 73.7 Å². The Bertz CT molecular complexity index is 801. The molecular formula is C20H19BrN2O2. The van der Waals surface area contributed by atoms with Crippen molar-refractivity contribution in [1.29, 1.82) is 0 Å². The Morgan fingerprint density at radius 2 is 1.72 bits per heavy atom. The summed E-state index contributed by atoms with van der Waals surface area (Å²) in [5.41, 5.74) is 1.80. The maximum Gasteiger partial charge on any atom is 0.241 e. The summed E-state index contributed by atoms with van der Waals surface area (Å²) in [6.45, 7) is 1.84. The topological polar surface area (TPSA) is 54.3 Å². The van der Waals surface area contributed by atoms with Gasteiger partial charge in [0.2, 0.25) is 5.91 Å². The zero-order valence-electron chi connectivity index (χ0n) is 13.8. The molecule has 1 aromatic heterocycles. The first-order valence-electron chi connectivity index (χ1n) is 8.04. The Balaban J connectivity index is 1.72. The highest BCUT2D eigenvalue weighted by Gasteiger charge is 2.22. The van der Waals surface area contributed by atoms with E-state index >= 15 is 0 Å². The standard InChI is InChI=1S/C20H19BrN2O2/c1-14(20(24)23-17-11-9-16(21)10-12-17)22-19(18-8-5-13-25-18)15-6-3-2-4-7-15/h2-14,19,22H,1H3,(H,23,24)/t14-,19+/m1/s1. The second-order valence-corrected chi connectivity index (χ2v) is 6.66. The van der Waals surface area contributed by atoms with E-state index in [1.165, 1.54) is 0 Å². The van der Waals surface area contributed by atoms with Crippen molar-refractivity contribution in [3.63, 3.8) is 0 Å². The van der Waals surface area contributed by atoms with E-state index in [0.29, 0.717) is 0 Å². The molecule has 25 heavy (non-hydrogen) atoms. The molecule has 0 radical (unpaired) electrons. The van der Waals surface area contributed by atoms with E-state index in [2.05, 4.69) is 26.6 Å². The average molecular weight is 399 g/mol. The van der Waals surface area contributed by atoms with Crippen molar-refractivity contribution in [2.45, 2.75) is 19.0 Å². The summed E-state index contributed by atoms with van der Waals surface area (Å²) in [5.74, 6) is 0.671. The molecule has 2 atom stereocenters. The van der Waals surface area contributed by atoms with Gasteiger partial charge in [0.1, 0.15) is 5.76 Å². The quantitative estimate of drug-likeness (QED) is 0.629. The van der Waals surface area contributed by atoms with Crippen LogP contribution in [0.15, 0.2) is 81.9 Å². The fourth-order valence-electron chi connectivity index (χ4n) is 2.55. The minimum absolute atomic E-state index is 0.102. The number of nitrogens with one attached hydrogen (secondary N) is 2. The van der Waals surface area contributed by atoms with Crippen molar-refractivity contribution in [2.24, 2.45) is 0 Å². The van der Waals surface area contributed by atoms with Crippen LogP contribution in [0.3, 0.4) is 0 Å². The van der Waals surface area contributed by atoms with E-state index in [0.717, 1.165) is 21.5 Å². The first-order valence-corrected chi connectivity index (χ1v) is 8.83. The minimum atomic E-state index is -0.404. The number of carbonyl (C=O) groups excluding carboxylic acids is 1. The third kappa shape index (κ3) is 4.59. The van der Waals surface area contributed by atoms with Crippen LogP contribution in [0.25, 0.3) is 0 Å². The molecule has 128 valence electrons. The van der Waals surface area contributed by atoms with Crippen molar-refractivity contribution < 1.29 is 9.21 Å². The van der Waals surface area contributed by atoms with Crippen LogP contribution in [0, 0.1) is 0 Å². The van der Waals surface area contributed by atoms with Gasteiger partial charge < -0.3 is 9.73 Å². The van der Waals surface area contributed by atoms with Crippen molar-refractivity contribution in [3.05, 3.63) is 88.8 Å². The van der Waals surface area contributed by atoms with Gasteiger partial charge in [-0.1, -0.05) is 46.3 Å². The van der Waals surface area contributed by atoms with Crippen molar-refractivity contribution >= 4 is 27.5 Å². The molecule has 5 heteroatoms. The highest BCUT2D eigenvalue weighted by atomic mass is 79.9. The van der Waals surface area contributed by atoms with E-state index in [9.17, 15) is 4.79 Å². The molecule has 0 spiro atoms. The van der Waals surface area contributed by atoms with Crippen molar-refractivity contribution in [2.75, 3.05) is 5.32 Å². The van der Waals surface area contributed by atoms with Gasteiger partial charge in [0.15, 0.2) is 0 Å². The average Bonchev–Trinajstić information content (AvgIpc) is 3.16. The van der Waals surface area contributed by atoms with Gasteiger partial charge in [-0.25, -0.2) is 0 Å². The largest absolute Gasteiger partial charge is 0.467 e. The maximum absolute atomic E-state index is 12.5. The van der Waals surface area contributed by atoms with Crippen LogP contribution in [0.2, 0.25) is 0 Å². The van der Waals surface area contributed by atoms with Gasteiger partial charge in [-0.3, -0.25) is 10.1 Å². The monoisotopic (exact) mass is 398 g/mol. The molecule has 0 bridgehead atoms. The number of benzene rings is 2. The normalized spacial score (nSPS) is 13.2. The number of hydrogen-bond donors (Lipinski definition) is 2. The lowest BCUT2D eigenvalue weighted by Crippen LogP contribution is -2.40. The summed E-state index contributed by atoms with van der Waals surface area (Å²) < 4.78 is 6.53. The van der Waals surface area contributed by atoms with Gasteiger partial charge in [0, 0.05) is 10.2 Å². The molecule has 0 fully saturated rings. The highest BCUT2D eigenvalue weighted by Crippen LogP contribution is 2.23. The number of anilines is 1. The lowest BCUT2D eigenvalue weighted by molar-refractivity contribution is -0.117. The number of furan rings is 1. The molecule has 1 amide bonds. The summed E-state index contributed by atoms with van der Waals surface area (Å²) in [4.78, 5) is 12.5. The number of rotatable bonds is 6. The Hall–Kier alpha value is -2.37. The van der Waals surface area contributed by atoms with Crippen LogP contribution >= 0.6 is 15.9 Å². The van der Waals surface area contributed by atoms with Gasteiger partial charge in [-0.2, -0.15) is 0 Å². The molecule has 0 aliphatic heterocycles. The summed E-state index contributed by atoms with van der Waals surface area (Å²) in [5, 5.41) is 6.27. The van der Waals surface area contributed by atoms with Gasteiger partial charge in [-0.05, 0) is 48.9 Å². The van der Waals surface area contributed by atoms with Gasteiger partial charge >= 0.3 is 0 Å². The summed E-state index contributed by atoms with van der Waals surface area (Å²) >= 11 is 3.39. The molecule has 4 nitrogen and oxygen atoms in total. The molecule has 0 aliphatic rings. The molecular weight excluding hydrogens is 380 g/mol. The second-order valence-electron chi connectivity index (χ2n) is 5.74. The SMILES string of the molecule is C[C@@H](N[C@@H](c1ccccc1)c1ccco1)C(=O)Nc1ccc(Br)cc1. The maximum atomic E-state index is 12.5. The predicted molar refractivity (Wildman–Crippen MR) is 102 cm³/mol. The summed E-state index contributed by atoms with van der Waals surface area (Å²) in [7, 11) is 0. The molecule has 0 saturated carbocycles. The second kappa shape index (κ2) is 8.14. The van der Waals surface area contributed by atoms with E-state index in [-0.39, 0.29) is 11.9 Å². The molecule has 0 aliphatic carbocycles. The van der Waals surface area contributed by atoms with Gasteiger partial charge in [-0.15, -0.1) is 0 Å². The first kappa shape index (κ1) is 17.5. The Kier molecular flexibility index (Phi) is 5.68. The molecule has 3 rings (SSSR count). The van der Waals surface area contributed by atoms with Gasteiger partial charge in [0.25, 0.3) is 0 Å². The molecule has 3 aromatic rings. The zero-order chi connectivity index (χ0) is 17.6. The Morgan fingerprint density at radius 1 is 1.00 bits per heavy atom. The molecule has 0 saturated heterocycles. The van der Waals surface area contributed by atoms with Crippen LogP contribution in [0.1, 0.15) is 24.3 Å². The van der Waals surface area contributed by atoms with Crippen LogP contribution in [-0.4, -0.2) is 11.9 Å². The van der Waals surface area contributed by atoms with Crippen LogP contribution in [0.5, 0.6) is 0 Å². The molecule has 0 unspecified atom stereocenters. The van der Waals surface area contributed by atoms with E-state index in [4.69, 9.17) is 4.42 Å². The van der Waals surface area contributed by atoms with Crippen LogP contribution in [-0.2, 0) is 4.79 Å². The molecule has 2 N–H and O–H groups in total. The smallest absolute Gasteiger partial charge is 0.241 e. The van der Waals surface area contributed by atoms with Crippen molar-refractivity contribution in [1.82, 2.24) is 5.32 Å². The fraction of sp³-hybridized carbons (Fsp3) is 0.150.